The molecule has 7 nitrogen and oxygen atoms in total. The molecule has 0 fully saturated rings. The molecule has 2 aromatic heterocycles. The second-order valence-corrected chi connectivity index (χ2v) is 7.15. The van der Waals surface area contributed by atoms with Gasteiger partial charge in [-0.15, -0.1) is 10.2 Å². The lowest BCUT2D eigenvalue weighted by Crippen LogP contribution is -2.33. The van der Waals surface area contributed by atoms with Gasteiger partial charge in [-0.3, -0.25) is 9.20 Å². The Balaban J connectivity index is 1.44. The van der Waals surface area contributed by atoms with Gasteiger partial charge < -0.3 is 10.1 Å². The average molecular weight is 369 g/mol. The van der Waals surface area contributed by atoms with Crippen LogP contribution in [0.4, 0.5) is 0 Å². The van der Waals surface area contributed by atoms with Crippen molar-refractivity contribution in [2.24, 2.45) is 0 Å². The highest BCUT2D eigenvalue weighted by atomic mass is 32.2. The molecule has 1 aromatic carbocycles. The first-order valence-electron chi connectivity index (χ1n) is 8.45. The highest BCUT2D eigenvalue weighted by molar-refractivity contribution is 7.99. The van der Waals surface area contributed by atoms with Crippen molar-refractivity contribution in [3.63, 3.8) is 0 Å². The van der Waals surface area contributed by atoms with E-state index in [1.165, 1.54) is 11.8 Å². The van der Waals surface area contributed by atoms with Gasteiger partial charge in [0.1, 0.15) is 11.6 Å². The summed E-state index contributed by atoms with van der Waals surface area (Å²) in [7, 11) is 0. The summed E-state index contributed by atoms with van der Waals surface area (Å²) in [6.45, 7) is 4.44. The molecular formula is C18H19N5O2S. The van der Waals surface area contributed by atoms with Gasteiger partial charge in [-0.25, -0.2) is 4.98 Å². The fourth-order valence-electron chi connectivity index (χ4n) is 3.15. The van der Waals surface area contributed by atoms with E-state index < -0.39 is 0 Å². The first-order valence-corrected chi connectivity index (χ1v) is 9.43. The Labute approximate surface area is 155 Å². The largest absolute Gasteiger partial charge is 0.493 e. The quantitative estimate of drug-likeness (QED) is 0.712. The van der Waals surface area contributed by atoms with E-state index in [4.69, 9.17) is 4.74 Å². The van der Waals surface area contributed by atoms with Crippen molar-refractivity contribution in [3.8, 4) is 5.75 Å². The molecule has 3 heterocycles. The molecule has 1 amide bonds. The zero-order valence-corrected chi connectivity index (χ0v) is 15.4. The summed E-state index contributed by atoms with van der Waals surface area (Å²) >= 11 is 1.36. The second-order valence-electron chi connectivity index (χ2n) is 6.20. The average Bonchev–Trinajstić information content (AvgIpc) is 3.03. The maximum atomic E-state index is 12.4. The number of aryl methyl sites for hydroxylation is 2. The molecule has 0 bridgehead atoms. The van der Waals surface area contributed by atoms with Crippen LogP contribution < -0.4 is 10.1 Å². The lowest BCUT2D eigenvalue weighted by atomic mass is 10.0. The van der Waals surface area contributed by atoms with Crippen LogP contribution in [-0.4, -0.2) is 37.8 Å². The first-order chi connectivity index (χ1) is 12.6. The summed E-state index contributed by atoms with van der Waals surface area (Å²) in [5.41, 5.74) is 2.67. The Kier molecular flexibility index (Phi) is 4.50. The number of nitrogens with one attached hydrogen (secondary N) is 1. The molecule has 0 aliphatic carbocycles. The lowest BCUT2D eigenvalue weighted by molar-refractivity contribution is -0.119. The molecule has 0 saturated carbocycles. The molecule has 0 radical (unpaired) electrons. The van der Waals surface area contributed by atoms with Crippen LogP contribution in [0.15, 0.2) is 35.5 Å². The third-order valence-electron chi connectivity index (χ3n) is 4.28. The fourth-order valence-corrected chi connectivity index (χ4v) is 3.95. The van der Waals surface area contributed by atoms with E-state index in [0.29, 0.717) is 11.8 Å². The Bertz CT molecular complexity index is 971. The van der Waals surface area contributed by atoms with Crippen LogP contribution in [0.2, 0.25) is 0 Å². The molecule has 0 saturated heterocycles. The summed E-state index contributed by atoms with van der Waals surface area (Å²) in [5, 5.41) is 12.1. The summed E-state index contributed by atoms with van der Waals surface area (Å²) in [6, 6.07) is 9.69. The summed E-state index contributed by atoms with van der Waals surface area (Å²) in [6.07, 6.45) is 0.767. The number of nitrogens with zero attached hydrogens (tertiary/aromatic N) is 4. The van der Waals surface area contributed by atoms with Gasteiger partial charge in [0, 0.05) is 23.7 Å². The van der Waals surface area contributed by atoms with Crippen LogP contribution >= 0.6 is 11.8 Å². The third kappa shape index (κ3) is 3.24. The van der Waals surface area contributed by atoms with Crippen LogP contribution in [0.25, 0.3) is 5.65 Å². The van der Waals surface area contributed by atoms with E-state index in [-0.39, 0.29) is 17.7 Å². The predicted molar refractivity (Wildman–Crippen MR) is 98.4 cm³/mol. The molecule has 1 aliphatic rings. The van der Waals surface area contributed by atoms with E-state index in [1.54, 1.807) is 0 Å². The van der Waals surface area contributed by atoms with E-state index in [1.807, 2.05) is 48.6 Å². The lowest BCUT2D eigenvalue weighted by Gasteiger charge is -2.26. The molecule has 26 heavy (non-hydrogen) atoms. The van der Waals surface area contributed by atoms with Gasteiger partial charge in [-0.2, -0.15) is 0 Å². The minimum absolute atomic E-state index is 0.0192. The molecule has 3 aromatic rings. The number of benzene rings is 1. The molecule has 1 unspecified atom stereocenters. The third-order valence-corrected chi connectivity index (χ3v) is 5.21. The first kappa shape index (κ1) is 16.8. The van der Waals surface area contributed by atoms with E-state index in [2.05, 4.69) is 20.5 Å². The molecule has 1 N–H and O–H groups in total. The normalized spacial score (nSPS) is 16.2. The standard InChI is InChI=1S/C18H19N5O2S/c1-11-9-16-21-22-18(23(16)12(2)19-11)26-10-17(24)20-14-7-8-25-15-6-4-3-5-13(14)15/h3-6,9,14H,7-8,10H2,1-2H3,(H,20,24). The van der Waals surface area contributed by atoms with Crippen molar-refractivity contribution in [2.45, 2.75) is 31.5 Å². The van der Waals surface area contributed by atoms with Crippen LogP contribution in [0, 0.1) is 13.8 Å². The molecular weight excluding hydrogens is 350 g/mol. The summed E-state index contributed by atoms with van der Waals surface area (Å²) in [4.78, 5) is 16.9. The molecule has 1 aliphatic heterocycles. The number of thioether (sulfide) groups is 1. The van der Waals surface area contributed by atoms with E-state index in [9.17, 15) is 4.79 Å². The SMILES string of the molecule is Cc1cc2nnc(SCC(=O)NC3CCOc4ccccc43)n2c(C)n1. The monoisotopic (exact) mass is 369 g/mol. The highest BCUT2D eigenvalue weighted by Gasteiger charge is 2.23. The maximum Gasteiger partial charge on any atom is 0.230 e. The van der Waals surface area contributed by atoms with Crippen molar-refractivity contribution in [1.82, 2.24) is 24.9 Å². The molecule has 8 heteroatoms. The Hall–Kier alpha value is -2.61. The minimum Gasteiger partial charge on any atom is -0.493 e. The van der Waals surface area contributed by atoms with Gasteiger partial charge in [-0.05, 0) is 19.9 Å². The van der Waals surface area contributed by atoms with Crippen molar-refractivity contribution in [1.29, 1.82) is 0 Å². The minimum atomic E-state index is -0.0359. The van der Waals surface area contributed by atoms with Crippen molar-refractivity contribution < 1.29 is 9.53 Å². The number of para-hydroxylation sites is 1. The van der Waals surface area contributed by atoms with Gasteiger partial charge in [0.25, 0.3) is 0 Å². The maximum absolute atomic E-state index is 12.4. The molecule has 4 rings (SSSR count). The summed E-state index contributed by atoms with van der Waals surface area (Å²) in [5.74, 6) is 1.89. The fraction of sp³-hybridized carbons (Fsp3) is 0.333. The van der Waals surface area contributed by atoms with Gasteiger partial charge in [-0.1, -0.05) is 30.0 Å². The van der Waals surface area contributed by atoms with Crippen LogP contribution in [0.5, 0.6) is 5.75 Å². The topological polar surface area (TPSA) is 81.4 Å². The van der Waals surface area contributed by atoms with Gasteiger partial charge in [0.2, 0.25) is 5.91 Å². The summed E-state index contributed by atoms with van der Waals surface area (Å²) < 4.78 is 7.51. The Morgan fingerprint density at radius 3 is 3.08 bits per heavy atom. The second kappa shape index (κ2) is 6.95. The smallest absolute Gasteiger partial charge is 0.230 e. The van der Waals surface area contributed by atoms with Crippen molar-refractivity contribution in [3.05, 3.63) is 47.4 Å². The Morgan fingerprint density at radius 1 is 1.35 bits per heavy atom. The number of aromatic nitrogens is 4. The number of fused-ring (bicyclic) bond motifs is 2. The zero-order valence-electron chi connectivity index (χ0n) is 14.6. The predicted octanol–water partition coefficient (Wildman–Crippen LogP) is 2.47. The number of rotatable bonds is 4. The molecule has 1 atom stereocenters. The van der Waals surface area contributed by atoms with Crippen molar-refractivity contribution >= 4 is 23.3 Å². The van der Waals surface area contributed by atoms with Crippen LogP contribution in [0.3, 0.4) is 0 Å². The number of carbonyl (C=O) groups excluding carboxylic acids is 1. The van der Waals surface area contributed by atoms with Gasteiger partial charge >= 0.3 is 0 Å². The molecule has 134 valence electrons. The van der Waals surface area contributed by atoms with Gasteiger partial charge in [0.05, 0.1) is 18.4 Å². The zero-order chi connectivity index (χ0) is 18.1. The molecule has 0 spiro atoms. The van der Waals surface area contributed by atoms with E-state index in [0.717, 1.165) is 34.9 Å². The number of amides is 1. The van der Waals surface area contributed by atoms with Crippen LogP contribution in [0.1, 0.15) is 29.5 Å². The number of hydrogen-bond acceptors (Lipinski definition) is 6. The van der Waals surface area contributed by atoms with Crippen LogP contribution in [-0.2, 0) is 4.79 Å². The number of hydrogen-bond donors (Lipinski definition) is 1. The van der Waals surface area contributed by atoms with Crippen molar-refractivity contribution in [2.75, 3.05) is 12.4 Å². The Morgan fingerprint density at radius 2 is 2.19 bits per heavy atom. The van der Waals surface area contributed by atoms with Gasteiger partial charge in [0.15, 0.2) is 10.8 Å². The highest BCUT2D eigenvalue weighted by Crippen LogP contribution is 2.31. The number of carbonyl (C=O) groups is 1. The number of ether oxygens (including phenoxy) is 1. The van der Waals surface area contributed by atoms with E-state index >= 15 is 0 Å².